The van der Waals surface area contributed by atoms with Gasteiger partial charge in [0.05, 0.1) is 21.8 Å². The highest BCUT2D eigenvalue weighted by molar-refractivity contribution is 7.16. The fourth-order valence-electron chi connectivity index (χ4n) is 3.89. The van der Waals surface area contributed by atoms with E-state index in [-0.39, 0.29) is 5.56 Å². The number of hydrogen-bond acceptors (Lipinski definition) is 5. The number of ether oxygens (including phenoxy) is 1. The molecule has 2 heterocycles. The number of nitrogens with zero attached hydrogens (tertiary/aromatic N) is 2. The average molecular weight is 513 g/mol. The maximum atomic E-state index is 13.2. The van der Waals surface area contributed by atoms with E-state index in [1.807, 2.05) is 41.8 Å². The van der Waals surface area contributed by atoms with Gasteiger partial charge in [-0.1, -0.05) is 64.9 Å². The van der Waals surface area contributed by atoms with Crippen LogP contribution in [0.15, 0.2) is 68.8 Å². The van der Waals surface area contributed by atoms with E-state index in [1.165, 1.54) is 11.3 Å². The molecule has 6 nitrogen and oxygen atoms in total. The Morgan fingerprint density at radius 2 is 1.94 bits per heavy atom. The third-order valence-corrected chi connectivity index (χ3v) is 6.96. The van der Waals surface area contributed by atoms with Gasteiger partial charge in [-0.15, -0.1) is 0 Å². The zero-order chi connectivity index (χ0) is 23.8. The Morgan fingerprint density at radius 3 is 2.76 bits per heavy atom. The van der Waals surface area contributed by atoms with Crippen molar-refractivity contribution in [3.8, 4) is 0 Å². The predicted molar refractivity (Wildman–Crippen MR) is 136 cm³/mol. The molecule has 34 heavy (non-hydrogen) atoms. The molecular formula is C25H18Cl2N2O4S. The van der Waals surface area contributed by atoms with Gasteiger partial charge in [-0.3, -0.25) is 4.79 Å². The van der Waals surface area contributed by atoms with Crippen molar-refractivity contribution >= 4 is 72.4 Å². The van der Waals surface area contributed by atoms with Gasteiger partial charge in [0, 0.05) is 23.6 Å². The molecule has 0 saturated carbocycles. The van der Waals surface area contributed by atoms with Gasteiger partial charge in [-0.25, -0.2) is 4.79 Å². The normalized spacial score (nSPS) is 12.3. The number of aromatic nitrogens is 1. The molecule has 9 heteroatoms. The lowest BCUT2D eigenvalue weighted by atomic mass is 10.0. The molecular weight excluding hydrogens is 495 g/mol. The lowest BCUT2D eigenvalue weighted by molar-refractivity contribution is 0.0993. The van der Waals surface area contributed by atoms with Crippen LogP contribution in [0.3, 0.4) is 0 Å². The van der Waals surface area contributed by atoms with Crippen LogP contribution in [0.1, 0.15) is 17.3 Å². The lowest BCUT2D eigenvalue weighted by Gasteiger charge is -2.07. The smallest absolute Gasteiger partial charge is 0.349 e. The highest BCUT2D eigenvalue weighted by Gasteiger charge is 2.17. The maximum absolute atomic E-state index is 13.2. The second-order valence-corrected chi connectivity index (χ2v) is 9.38. The maximum Gasteiger partial charge on any atom is 0.349 e. The fraction of sp³-hybridized carbons (Fsp3) is 0.160. The molecule has 0 fully saturated rings. The number of amides is 1. The molecule has 2 aromatic heterocycles. The van der Waals surface area contributed by atoms with Crippen LogP contribution >= 0.6 is 34.5 Å². The zero-order valence-corrected chi connectivity index (χ0v) is 20.3. The number of rotatable bonds is 5. The van der Waals surface area contributed by atoms with Gasteiger partial charge in [0.25, 0.3) is 5.91 Å². The van der Waals surface area contributed by atoms with E-state index in [2.05, 4.69) is 4.99 Å². The molecule has 0 bridgehead atoms. The summed E-state index contributed by atoms with van der Waals surface area (Å²) in [5, 5.41) is 3.46. The molecule has 1 amide bonds. The third-order valence-electron chi connectivity index (χ3n) is 5.43. The Morgan fingerprint density at radius 1 is 1.12 bits per heavy atom. The van der Waals surface area contributed by atoms with Crippen molar-refractivity contribution in [2.45, 2.75) is 13.5 Å². The summed E-state index contributed by atoms with van der Waals surface area (Å²) < 4.78 is 13.5. The van der Waals surface area contributed by atoms with Gasteiger partial charge in [0.1, 0.15) is 11.1 Å². The lowest BCUT2D eigenvalue weighted by Crippen LogP contribution is -2.21. The minimum absolute atomic E-state index is 0.137. The quantitative estimate of drug-likeness (QED) is 0.163. The summed E-state index contributed by atoms with van der Waals surface area (Å²) >= 11 is 13.9. The predicted octanol–water partition coefficient (Wildman–Crippen LogP) is 6.05. The van der Waals surface area contributed by atoms with Gasteiger partial charge < -0.3 is 13.7 Å². The van der Waals surface area contributed by atoms with E-state index < -0.39 is 11.5 Å². The number of halogens is 2. The minimum atomic E-state index is -0.736. The fourth-order valence-corrected chi connectivity index (χ4v) is 5.73. The largest absolute Gasteiger partial charge is 0.422 e. The van der Waals surface area contributed by atoms with E-state index >= 15 is 0 Å². The molecule has 5 rings (SSSR count). The van der Waals surface area contributed by atoms with Crippen LogP contribution < -0.4 is 10.4 Å². The first-order valence-electron chi connectivity index (χ1n) is 10.6. The van der Waals surface area contributed by atoms with E-state index in [9.17, 15) is 9.59 Å². The summed E-state index contributed by atoms with van der Waals surface area (Å²) in [4.78, 5) is 30.5. The van der Waals surface area contributed by atoms with Crippen LogP contribution in [0, 0.1) is 0 Å². The first-order chi connectivity index (χ1) is 16.5. The first-order valence-corrected chi connectivity index (χ1v) is 12.1. The van der Waals surface area contributed by atoms with E-state index in [4.69, 9.17) is 32.4 Å². The highest BCUT2D eigenvalue weighted by Crippen LogP contribution is 2.30. The molecule has 0 atom stereocenters. The summed E-state index contributed by atoms with van der Waals surface area (Å²) in [5.74, 6) is -0.692. The molecule has 0 aliphatic rings. The Kier molecular flexibility index (Phi) is 6.27. The zero-order valence-electron chi connectivity index (χ0n) is 18.0. The topological polar surface area (TPSA) is 73.8 Å². The van der Waals surface area contributed by atoms with Gasteiger partial charge in [-0.2, -0.15) is 4.99 Å². The Bertz CT molecular complexity index is 1700. The average Bonchev–Trinajstić information content (AvgIpc) is 3.15. The first kappa shape index (κ1) is 22.8. The standard InChI is InChI=1S/C25H18Cl2N2O4S/c1-2-32-10-9-29-22-19(27)11-15(26)12-21(22)34-25(29)28-23(30)18-13-17-16-6-4-3-5-14(16)7-8-20(17)33-24(18)31/h3-8,11-13H,2,9-10H2,1H3. The second kappa shape index (κ2) is 9.35. The monoisotopic (exact) mass is 512 g/mol. The second-order valence-electron chi connectivity index (χ2n) is 7.53. The van der Waals surface area contributed by atoms with E-state index in [1.54, 1.807) is 24.3 Å². The molecule has 0 radical (unpaired) electrons. The molecule has 0 saturated heterocycles. The molecule has 172 valence electrons. The number of benzene rings is 3. The highest BCUT2D eigenvalue weighted by atomic mass is 35.5. The number of carbonyl (C=O) groups excluding carboxylic acids is 1. The summed E-state index contributed by atoms with van der Waals surface area (Å²) in [6.45, 7) is 3.30. The summed E-state index contributed by atoms with van der Waals surface area (Å²) in [5.41, 5.74) is 0.246. The number of carbonyl (C=O) groups is 1. The van der Waals surface area contributed by atoms with Crippen molar-refractivity contribution in [3.63, 3.8) is 0 Å². The van der Waals surface area contributed by atoms with Crippen molar-refractivity contribution in [1.29, 1.82) is 0 Å². The Hall–Kier alpha value is -2.97. The molecule has 3 aromatic carbocycles. The number of thiazole rings is 1. The van der Waals surface area contributed by atoms with Gasteiger partial charge in [0.2, 0.25) is 0 Å². The molecule has 0 aliphatic carbocycles. The minimum Gasteiger partial charge on any atom is -0.422 e. The van der Waals surface area contributed by atoms with Crippen LogP contribution in [0.25, 0.3) is 32.0 Å². The van der Waals surface area contributed by atoms with Crippen LogP contribution in [0.5, 0.6) is 0 Å². The Balaban J connectivity index is 1.68. The van der Waals surface area contributed by atoms with Gasteiger partial charge >= 0.3 is 5.63 Å². The van der Waals surface area contributed by atoms with Crippen LogP contribution in [-0.4, -0.2) is 23.7 Å². The molecule has 0 N–H and O–H groups in total. The summed E-state index contributed by atoms with van der Waals surface area (Å²) in [6.07, 6.45) is 0. The van der Waals surface area contributed by atoms with Crippen LogP contribution in [0.2, 0.25) is 10.0 Å². The number of hydrogen-bond donors (Lipinski definition) is 0. The van der Waals surface area contributed by atoms with E-state index in [0.717, 1.165) is 15.5 Å². The van der Waals surface area contributed by atoms with Crippen LogP contribution in [-0.2, 0) is 11.3 Å². The van der Waals surface area contributed by atoms with Crippen molar-refractivity contribution in [1.82, 2.24) is 4.57 Å². The van der Waals surface area contributed by atoms with Crippen molar-refractivity contribution in [2.75, 3.05) is 13.2 Å². The van der Waals surface area contributed by atoms with Gasteiger partial charge in [0.15, 0.2) is 4.80 Å². The van der Waals surface area contributed by atoms with Crippen molar-refractivity contribution in [2.24, 2.45) is 4.99 Å². The Labute approximate surface area is 207 Å². The molecule has 0 spiro atoms. The van der Waals surface area contributed by atoms with Crippen LogP contribution in [0.4, 0.5) is 0 Å². The van der Waals surface area contributed by atoms with Gasteiger partial charge in [-0.05, 0) is 42.0 Å². The summed E-state index contributed by atoms with van der Waals surface area (Å²) in [7, 11) is 0. The third kappa shape index (κ3) is 4.16. The van der Waals surface area contributed by atoms with Crippen molar-refractivity contribution in [3.05, 3.63) is 85.4 Å². The summed E-state index contributed by atoms with van der Waals surface area (Å²) in [6, 6.07) is 16.3. The SMILES string of the molecule is CCOCCn1c(=NC(=O)c2cc3c(ccc4ccccc43)oc2=O)sc2cc(Cl)cc(Cl)c21. The van der Waals surface area contributed by atoms with E-state index in [0.29, 0.717) is 51.1 Å². The molecule has 5 aromatic rings. The molecule has 0 unspecified atom stereocenters. The molecule has 0 aliphatic heterocycles. The number of fused-ring (bicyclic) bond motifs is 4. The van der Waals surface area contributed by atoms with Crippen molar-refractivity contribution < 1.29 is 13.9 Å².